The number of hydrogen-bond donors (Lipinski definition) is 3. The Morgan fingerprint density at radius 3 is 2.96 bits per heavy atom. The van der Waals surface area contributed by atoms with Crippen LogP contribution in [-0.2, 0) is 0 Å². The third-order valence-corrected chi connectivity index (χ3v) is 3.68. The number of nitrogens with one attached hydrogen (secondary N) is 2. The van der Waals surface area contributed by atoms with Gasteiger partial charge in [0.2, 0.25) is 0 Å². The minimum atomic E-state index is -0.984. The Morgan fingerprint density at radius 1 is 1.39 bits per heavy atom. The molecule has 23 heavy (non-hydrogen) atoms. The molecule has 7 nitrogen and oxygen atoms in total. The lowest BCUT2D eigenvalue weighted by Crippen LogP contribution is -2.16. The number of aromatic nitrogens is 3. The lowest BCUT2D eigenvalue weighted by Gasteiger charge is -2.11. The smallest absolute Gasteiger partial charge is 0.352 e. The zero-order valence-corrected chi connectivity index (χ0v) is 13.1. The van der Waals surface area contributed by atoms with Gasteiger partial charge in [-0.1, -0.05) is 0 Å². The van der Waals surface area contributed by atoms with Gasteiger partial charge in [0.1, 0.15) is 11.5 Å². The third kappa shape index (κ3) is 3.09. The minimum Gasteiger partial charge on any atom is -0.477 e. The number of carboxylic acid groups (broad SMARTS) is 1. The highest BCUT2D eigenvalue weighted by molar-refractivity contribution is 6.10. The normalized spacial score (nSPS) is 11.4. The summed E-state index contributed by atoms with van der Waals surface area (Å²) < 4.78 is 0. The second-order valence-electron chi connectivity index (χ2n) is 5.71. The van der Waals surface area contributed by atoms with Crippen LogP contribution in [0, 0.1) is 0 Å². The van der Waals surface area contributed by atoms with Crippen molar-refractivity contribution in [3.8, 4) is 0 Å². The molecule has 3 N–H and O–H groups in total. The van der Waals surface area contributed by atoms with Crippen molar-refractivity contribution in [3.63, 3.8) is 0 Å². The van der Waals surface area contributed by atoms with Crippen LogP contribution in [0.1, 0.15) is 16.9 Å². The number of pyridine rings is 2. The molecule has 3 rings (SSSR count). The van der Waals surface area contributed by atoms with Crippen molar-refractivity contribution in [2.24, 2.45) is 0 Å². The minimum absolute atomic E-state index is 0.155. The van der Waals surface area contributed by atoms with Crippen LogP contribution in [0.5, 0.6) is 0 Å². The summed E-state index contributed by atoms with van der Waals surface area (Å²) in [5, 5.41) is 14.2. The summed E-state index contributed by atoms with van der Waals surface area (Å²) in [7, 11) is 4.06. The summed E-state index contributed by atoms with van der Waals surface area (Å²) in [4.78, 5) is 25.0. The first-order chi connectivity index (χ1) is 11.1. The van der Waals surface area contributed by atoms with Crippen molar-refractivity contribution < 1.29 is 9.90 Å². The highest BCUT2D eigenvalue weighted by Crippen LogP contribution is 2.29. The van der Waals surface area contributed by atoms with Gasteiger partial charge in [-0.2, -0.15) is 0 Å². The van der Waals surface area contributed by atoms with Crippen molar-refractivity contribution in [1.82, 2.24) is 19.9 Å². The fourth-order valence-corrected chi connectivity index (χ4v) is 2.57. The molecule has 0 radical (unpaired) electrons. The van der Waals surface area contributed by atoms with Crippen LogP contribution in [0.25, 0.3) is 21.8 Å². The molecule has 0 spiro atoms. The van der Waals surface area contributed by atoms with Gasteiger partial charge in [-0.05, 0) is 39.2 Å². The molecule has 7 heteroatoms. The fraction of sp³-hybridized carbons (Fsp3) is 0.312. The lowest BCUT2D eigenvalue weighted by atomic mass is 10.2. The second kappa shape index (κ2) is 6.21. The zero-order valence-electron chi connectivity index (χ0n) is 13.1. The Bertz CT molecular complexity index is 856. The molecule has 0 unspecified atom stereocenters. The monoisotopic (exact) mass is 313 g/mol. The number of carboxylic acids is 1. The summed E-state index contributed by atoms with van der Waals surface area (Å²) in [6.07, 6.45) is 4.33. The summed E-state index contributed by atoms with van der Waals surface area (Å²) >= 11 is 0. The number of nitrogens with zero attached hydrogens (tertiary/aromatic N) is 3. The number of carbonyl (C=O) groups is 1. The maximum absolute atomic E-state index is 11.3. The molecule has 3 aromatic heterocycles. The average molecular weight is 313 g/mol. The molecule has 0 atom stereocenters. The molecular weight excluding hydrogens is 294 g/mol. The van der Waals surface area contributed by atoms with E-state index in [-0.39, 0.29) is 5.69 Å². The van der Waals surface area contributed by atoms with Crippen LogP contribution < -0.4 is 5.32 Å². The van der Waals surface area contributed by atoms with E-state index < -0.39 is 5.97 Å². The Kier molecular flexibility index (Phi) is 4.12. The summed E-state index contributed by atoms with van der Waals surface area (Å²) in [5.41, 5.74) is 1.65. The second-order valence-corrected chi connectivity index (χ2v) is 5.71. The fourth-order valence-electron chi connectivity index (χ4n) is 2.57. The Morgan fingerprint density at radius 2 is 2.22 bits per heavy atom. The first-order valence-electron chi connectivity index (χ1n) is 7.44. The number of rotatable bonds is 6. The van der Waals surface area contributed by atoms with Crippen molar-refractivity contribution >= 4 is 33.6 Å². The number of hydrogen-bond acceptors (Lipinski definition) is 5. The molecule has 3 aromatic rings. The van der Waals surface area contributed by atoms with E-state index in [0.29, 0.717) is 5.82 Å². The molecule has 0 amide bonds. The van der Waals surface area contributed by atoms with Crippen LogP contribution in [-0.4, -0.2) is 58.1 Å². The van der Waals surface area contributed by atoms with Crippen LogP contribution in [0.3, 0.4) is 0 Å². The van der Waals surface area contributed by atoms with Crippen LogP contribution in [0.4, 0.5) is 5.82 Å². The van der Waals surface area contributed by atoms with Crippen molar-refractivity contribution in [2.45, 2.75) is 6.42 Å². The van der Waals surface area contributed by atoms with E-state index in [0.717, 1.165) is 41.3 Å². The van der Waals surface area contributed by atoms with E-state index in [1.54, 1.807) is 18.5 Å². The highest BCUT2D eigenvalue weighted by Gasteiger charge is 2.14. The van der Waals surface area contributed by atoms with E-state index >= 15 is 0 Å². The molecule has 0 saturated heterocycles. The van der Waals surface area contributed by atoms with Gasteiger partial charge in [0.15, 0.2) is 0 Å². The Labute approximate surface area is 133 Å². The van der Waals surface area contributed by atoms with E-state index in [1.807, 2.05) is 20.2 Å². The van der Waals surface area contributed by atoms with Crippen molar-refractivity contribution in [3.05, 3.63) is 30.2 Å². The maximum atomic E-state index is 11.3. The van der Waals surface area contributed by atoms with Gasteiger partial charge in [0.25, 0.3) is 0 Å². The number of aromatic amines is 1. The predicted molar refractivity (Wildman–Crippen MR) is 90.0 cm³/mol. The largest absolute Gasteiger partial charge is 0.477 e. The van der Waals surface area contributed by atoms with Gasteiger partial charge < -0.3 is 20.3 Å². The Hall–Kier alpha value is -2.67. The highest BCUT2D eigenvalue weighted by atomic mass is 16.4. The quantitative estimate of drug-likeness (QED) is 0.604. The topological polar surface area (TPSA) is 94.1 Å². The van der Waals surface area contributed by atoms with Crippen molar-refractivity contribution in [1.29, 1.82) is 0 Å². The zero-order chi connectivity index (χ0) is 16.4. The molecule has 0 bridgehead atoms. The van der Waals surface area contributed by atoms with Gasteiger partial charge in [0.05, 0.1) is 17.2 Å². The van der Waals surface area contributed by atoms with Gasteiger partial charge in [-0.3, -0.25) is 4.98 Å². The van der Waals surface area contributed by atoms with E-state index in [2.05, 4.69) is 25.2 Å². The molecule has 0 aromatic carbocycles. The number of H-pyrrole nitrogens is 1. The molecule has 0 fully saturated rings. The van der Waals surface area contributed by atoms with E-state index in [1.165, 1.54) is 0 Å². The summed E-state index contributed by atoms with van der Waals surface area (Å²) in [5.74, 6) is -0.301. The first kappa shape index (κ1) is 15.2. The molecule has 0 aliphatic heterocycles. The molecule has 3 heterocycles. The number of fused-ring (bicyclic) bond motifs is 3. The standard InChI is InChI=1S/C16H19N5O2/c1-21(2)7-3-5-18-15-11-8-12(16(22)23)19-14(11)10-4-6-17-9-13(10)20-15/h4,6,8-9,19H,3,5,7H2,1-2H3,(H,18,20)(H,22,23). The summed E-state index contributed by atoms with van der Waals surface area (Å²) in [6, 6.07) is 3.46. The predicted octanol–water partition coefficient (Wildman–Crippen LogP) is 2.17. The third-order valence-electron chi connectivity index (χ3n) is 3.68. The number of aromatic carboxylic acids is 1. The summed E-state index contributed by atoms with van der Waals surface area (Å²) in [6.45, 7) is 1.73. The number of anilines is 1. The van der Waals surface area contributed by atoms with Gasteiger partial charge >= 0.3 is 5.97 Å². The van der Waals surface area contributed by atoms with Crippen LogP contribution in [0.15, 0.2) is 24.5 Å². The van der Waals surface area contributed by atoms with E-state index in [4.69, 9.17) is 0 Å². The lowest BCUT2D eigenvalue weighted by molar-refractivity contribution is 0.0691. The van der Waals surface area contributed by atoms with E-state index in [9.17, 15) is 9.90 Å². The molecule has 0 saturated carbocycles. The maximum Gasteiger partial charge on any atom is 0.352 e. The van der Waals surface area contributed by atoms with Crippen molar-refractivity contribution in [2.75, 3.05) is 32.5 Å². The molecule has 120 valence electrons. The van der Waals surface area contributed by atoms with Crippen LogP contribution >= 0.6 is 0 Å². The van der Waals surface area contributed by atoms with Crippen LogP contribution in [0.2, 0.25) is 0 Å². The van der Waals surface area contributed by atoms with Gasteiger partial charge in [0, 0.05) is 23.5 Å². The Balaban J connectivity index is 2.02. The van der Waals surface area contributed by atoms with Gasteiger partial charge in [-0.15, -0.1) is 0 Å². The van der Waals surface area contributed by atoms with Gasteiger partial charge in [-0.25, -0.2) is 9.78 Å². The first-order valence-corrected chi connectivity index (χ1v) is 7.44. The SMILES string of the molecule is CN(C)CCCNc1nc2cnccc2c2[nH]c(C(=O)O)cc12. The molecular formula is C16H19N5O2. The molecule has 0 aliphatic rings. The average Bonchev–Trinajstić information content (AvgIpc) is 2.97. The molecule has 0 aliphatic carbocycles.